The van der Waals surface area contributed by atoms with E-state index in [1.54, 1.807) is 6.08 Å². The molecule has 0 aromatic rings. The summed E-state index contributed by atoms with van der Waals surface area (Å²) in [6.07, 6.45) is 100. The molecule has 470 valence electrons. The predicted molar refractivity (Wildman–Crippen MR) is 362 cm³/mol. The van der Waals surface area contributed by atoms with Gasteiger partial charge >= 0.3 is 17.9 Å². The monoisotopic (exact) mass is 1150 g/mol. The summed E-state index contributed by atoms with van der Waals surface area (Å²) in [6.45, 7) is 6.32. The van der Waals surface area contributed by atoms with Crippen molar-refractivity contribution >= 4 is 17.9 Å². The predicted octanol–water partition coefficient (Wildman–Crippen LogP) is 23.9. The summed E-state index contributed by atoms with van der Waals surface area (Å²) < 4.78 is 16.8. The fraction of sp³-hybridized carbons (Fsp3) is 0.649. The molecule has 0 rings (SSSR count). The summed E-state index contributed by atoms with van der Waals surface area (Å²) in [6, 6.07) is 0. The van der Waals surface area contributed by atoms with Gasteiger partial charge in [-0.05, 0) is 122 Å². The van der Waals surface area contributed by atoms with Gasteiger partial charge in [0.1, 0.15) is 13.2 Å². The first-order valence-corrected chi connectivity index (χ1v) is 34.3. The van der Waals surface area contributed by atoms with Crippen molar-refractivity contribution in [3.8, 4) is 0 Å². The largest absolute Gasteiger partial charge is 0.462 e. The topological polar surface area (TPSA) is 78.9 Å². The highest BCUT2D eigenvalue weighted by molar-refractivity contribution is 5.72. The lowest BCUT2D eigenvalue weighted by Crippen LogP contribution is -2.30. The van der Waals surface area contributed by atoms with Crippen molar-refractivity contribution < 1.29 is 28.6 Å². The molecule has 0 aromatic carbocycles. The number of esters is 3. The Hall–Kier alpha value is -4.71. The number of ether oxygens (including phenoxy) is 3. The van der Waals surface area contributed by atoms with Crippen LogP contribution in [-0.4, -0.2) is 37.2 Å². The van der Waals surface area contributed by atoms with Crippen LogP contribution in [0, 0.1) is 0 Å². The summed E-state index contributed by atoms with van der Waals surface area (Å²) in [4.78, 5) is 38.3. The van der Waals surface area contributed by atoms with E-state index < -0.39 is 12.1 Å². The smallest absolute Gasteiger partial charge is 0.309 e. The lowest BCUT2D eigenvalue weighted by Gasteiger charge is -2.18. The molecular weight excluding hydrogens is 1020 g/mol. The maximum atomic E-state index is 12.9. The molecule has 6 nitrogen and oxygen atoms in total. The average Bonchev–Trinajstić information content (AvgIpc) is 3.49. The molecule has 0 heterocycles. The minimum atomic E-state index is -0.830. The molecule has 0 aromatic heterocycles. The molecule has 1 atom stereocenters. The minimum Gasteiger partial charge on any atom is -0.462 e. The molecule has 0 aliphatic rings. The Bertz CT molecular complexity index is 1800. The summed E-state index contributed by atoms with van der Waals surface area (Å²) in [5.74, 6) is -1.05. The molecule has 0 N–H and O–H groups in total. The van der Waals surface area contributed by atoms with Crippen LogP contribution in [0.25, 0.3) is 0 Å². The van der Waals surface area contributed by atoms with E-state index in [9.17, 15) is 14.4 Å². The second kappa shape index (κ2) is 69.8. The fourth-order valence-corrected chi connectivity index (χ4v) is 9.28. The van der Waals surface area contributed by atoms with Crippen LogP contribution in [0.15, 0.2) is 146 Å². The molecule has 1 unspecified atom stereocenters. The molecule has 0 aliphatic carbocycles. The van der Waals surface area contributed by atoms with Crippen LogP contribution in [0.5, 0.6) is 0 Å². The molecule has 83 heavy (non-hydrogen) atoms. The SMILES string of the molecule is CC/C=C\C/C=C\C/C=C\C/C=C\C/C=C\CC(=O)OCC(COC(=O)CCCCCCCCCCCCCCCC/C=C\C/C=C\C/C=C\CCCCCCC)OC(=O)CCCCCCCCCC/C=C\C/C=C\C/C=C\C/C=C\CC. The van der Waals surface area contributed by atoms with Gasteiger partial charge in [0.2, 0.25) is 0 Å². The van der Waals surface area contributed by atoms with Crippen LogP contribution in [0.2, 0.25) is 0 Å². The Morgan fingerprint density at radius 2 is 0.518 bits per heavy atom. The van der Waals surface area contributed by atoms with E-state index in [1.165, 1.54) is 148 Å². The maximum absolute atomic E-state index is 12.9. The first-order valence-electron chi connectivity index (χ1n) is 34.3. The zero-order valence-corrected chi connectivity index (χ0v) is 53.9. The Morgan fingerprint density at radius 3 is 0.843 bits per heavy atom. The molecule has 0 amide bonds. The van der Waals surface area contributed by atoms with Crippen molar-refractivity contribution in [3.05, 3.63) is 146 Å². The van der Waals surface area contributed by atoms with Gasteiger partial charge in [0.15, 0.2) is 6.10 Å². The van der Waals surface area contributed by atoms with Gasteiger partial charge in [-0.15, -0.1) is 0 Å². The summed E-state index contributed by atoms with van der Waals surface area (Å²) in [5.41, 5.74) is 0. The molecule has 0 spiro atoms. The van der Waals surface area contributed by atoms with Crippen molar-refractivity contribution in [2.45, 2.75) is 309 Å². The number of carbonyl (C=O) groups excluding carboxylic acids is 3. The number of allylic oxidation sites excluding steroid dienone is 23. The summed E-state index contributed by atoms with van der Waals surface area (Å²) in [7, 11) is 0. The Balaban J connectivity index is 4.38. The van der Waals surface area contributed by atoms with Crippen LogP contribution in [0.1, 0.15) is 303 Å². The molecular formula is C77H126O6. The molecule has 0 saturated carbocycles. The summed E-state index contributed by atoms with van der Waals surface area (Å²) >= 11 is 0. The van der Waals surface area contributed by atoms with Crippen molar-refractivity contribution in [1.82, 2.24) is 0 Å². The van der Waals surface area contributed by atoms with Crippen LogP contribution in [0.4, 0.5) is 0 Å². The van der Waals surface area contributed by atoms with E-state index in [-0.39, 0.29) is 31.6 Å². The van der Waals surface area contributed by atoms with Crippen LogP contribution < -0.4 is 0 Å². The number of unbranched alkanes of at least 4 members (excludes halogenated alkanes) is 27. The van der Waals surface area contributed by atoms with Crippen LogP contribution in [-0.2, 0) is 28.6 Å². The van der Waals surface area contributed by atoms with E-state index in [0.29, 0.717) is 12.8 Å². The fourth-order valence-electron chi connectivity index (χ4n) is 9.28. The maximum Gasteiger partial charge on any atom is 0.309 e. The highest BCUT2D eigenvalue weighted by Gasteiger charge is 2.19. The van der Waals surface area contributed by atoms with Gasteiger partial charge in [-0.1, -0.05) is 308 Å². The first-order chi connectivity index (χ1) is 41.0. The van der Waals surface area contributed by atoms with Crippen molar-refractivity contribution in [2.75, 3.05) is 13.2 Å². The molecule has 6 heteroatoms. The standard InChI is InChI=1S/C77H126O6/c1-4-7-10-13-16-19-22-25-28-30-32-34-35-36-37-38-39-40-41-43-44-46-49-52-55-58-61-64-67-70-76(79)82-73-74(72-81-75(78)69-66-63-60-57-54-51-48-27-24-21-18-15-12-9-6-3)83-77(80)71-68-65-62-59-56-53-50-47-45-42-33-31-29-26-23-20-17-14-11-8-5-2/h8-9,11-12,17-18,20-22,25-27,29-30,32-33,35-36,42,48,54,57,63,66,74H,4-7,10,13-16,19,23-24,28,31,34,37-41,43-47,49-53,55-56,58-62,64-65,67-73H2,1-3H3/b11-8-,12-9-,20-17-,21-18-,25-22-,29-26-,32-30-,36-35-,42-33-,48-27-,57-54-,66-63-. The van der Waals surface area contributed by atoms with Crippen molar-refractivity contribution in [2.24, 2.45) is 0 Å². The Morgan fingerprint density at radius 1 is 0.265 bits per heavy atom. The zero-order valence-electron chi connectivity index (χ0n) is 53.9. The van der Waals surface area contributed by atoms with Crippen LogP contribution in [0.3, 0.4) is 0 Å². The van der Waals surface area contributed by atoms with Gasteiger partial charge < -0.3 is 14.2 Å². The third-order valence-electron chi connectivity index (χ3n) is 14.3. The van der Waals surface area contributed by atoms with Gasteiger partial charge in [-0.3, -0.25) is 14.4 Å². The van der Waals surface area contributed by atoms with E-state index in [4.69, 9.17) is 14.2 Å². The number of carbonyl (C=O) groups is 3. The highest BCUT2D eigenvalue weighted by atomic mass is 16.6. The van der Waals surface area contributed by atoms with Gasteiger partial charge in [-0.2, -0.15) is 0 Å². The van der Waals surface area contributed by atoms with Crippen molar-refractivity contribution in [3.63, 3.8) is 0 Å². The molecule has 0 bridgehead atoms. The van der Waals surface area contributed by atoms with Crippen LogP contribution >= 0.6 is 0 Å². The highest BCUT2D eigenvalue weighted by Crippen LogP contribution is 2.16. The first kappa shape index (κ1) is 78.3. The number of hydrogen-bond donors (Lipinski definition) is 0. The van der Waals surface area contributed by atoms with E-state index >= 15 is 0 Å². The van der Waals surface area contributed by atoms with Gasteiger partial charge in [0, 0.05) is 12.8 Å². The Kier molecular flexibility index (Phi) is 65.8. The van der Waals surface area contributed by atoms with Gasteiger partial charge in [0.25, 0.3) is 0 Å². The molecule has 0 aliphatic heterocycles. The van der Waals surface area contributed by atoms with E-state index in [1.807, 2.05) is 6.08 Å². The third-order valence-corrected chi connectivity index (χ3v) is 14.3. The third kappa shape index (κ3) is 68.0. The second-order valence-corrected chi connectivity index (χ2v) is 22.3. The quantitative estimate of drug-likeness (QED) is 0.0261. The number of rotatable bonds is 61. The average molecular weight is 1150 g/mol. The molecule has 0 radical (unpaired) electrons. The van der Waals surface area contributed by atoms with Gasteiger partial charge in [-0.25, -0.2) is 0 Å². The Labute approximate surface area is 512 Å². The molecule has 0 saturated heterocycles. The molecule has 0 fully saturated rings. The minimum absolute atomic E-state index is 0.115. The van der Waals surface area contributed by atoms with Gasteiger partial charge in [0.05, 0.1) is 6.42 Å². The second-order valence-electron chi connectivity index (χ2n) is 22.3. The lowest BCUT2D eigenvalue weighted by atomic mass is 10.0. The normalized spacial score (nSPS) is 13.0. The zero-order chi connectivity index (χ0) is 59.9. The number of hydrogen-bond acceptors (Lipinski definition) is 6. The van der Waals surface area contributed by atoms with E-state index in [2.05, 4.69) is 154 Å². The lowest BCUT2D eigenvalue weighted by molar-refractivity contribution is -0.166. The summed E-state index contributed by atoms with van der Waals surface area (Å²) in [5, 5.41) is 0. The van der Waals surface area contributed by atoms with Crippen molar-refractivity contribution in [1.29, 1.82) is 0 Å². The van der Waals surface area contributed by atoms with E-state index in [0.717, 1.165) is 116 Å².